The Morgan fingerprint density at radius 2 is 1.50 bits per heavy atom. The third-order valence-corrected chi connectivity index (χ3v) is 4.16. The van der Waals surface area contributed by atoms with Gasteiger partial charge in [-0.3, -0.25) is 4.79 Å². The molecule has 2 aromatic heterocycles. The van der Waals surface area contributed by atoms with Gasteiger partial charge in [0.1, 0.15) is 0 Å². The molecule has 0 saturated heterocycles. The van der Waals surface area contributed by atoms with Gasteiger partial charge in [0.05, 0.1) is 18.8 Å². The van der Waals surface area contributed by atoms with E-state index in [0.717, 1.165) is 16.3 Å². The van der Waals surface area contributed by atoms with Crippen molar-refractivity contribution < 1.29 is 50.4 Å². The molecule has 0 aliphatic heterocycles. The summed E-state index contributed by atoms with van der Waals surface area (Å²) in [5, 5.41) is 8.96. The molecule has 3 radical (unpaired) electrons. The van der Waals surface area contributed by atoms with Crippen molar-refractivity contribution in [2.24, 2.45) is 0 Å². The number of aliphatic hydroxyl groups is 1. The van der Waals surface area contributed by atoms with E-state index in [1.54, 1.807) is 24.5 Å². The van der Waals surface area contributed by atoms with Gasteiger partial charge in [-0.25, -0.2) is 9.97 Å². The molecule has 10 heteroatoms. The van der Waals surface area contributed by atoms with Crippen LogP contribution in [-0.4, -0.2) is 42.0 Å². The zero-order chi connectivity index (χ0) is 19.7. The second kappa shape index (κ2) is 15.4. The second-order valence-electron chi connectivity index (χ2n) is 5.77. The second-order valence-corrected chi connectivity index (χ2v) is 7.48. The Kier molecular flexibility index (Phi) is 16.4. The Labute approximate surface area is 208 Å². The van der Waals surface area contributed by atoms with Crippen LogP contribution in [0, 0.1) is 0 Å². The van der Waals surface area contributed by atoms with E-state index in [9.17, 15) is 4.79 Å². The molecule has 0 fully saturated rings. The van der Waals surface area contributed by atoms with Crippen LogP contribution in [0.25, 0.3) is 0 Å². The Bertz CT molecular complexity index is 743. The number of hydrogen-bond acceptors (Lipinski definition) is 6. The van der Waals surface area contributed by atoms with Gasteiger partial charge >= 0.3 is 29.6 Å². The third-order valence-electron chi connectivity index (χ3n) is 2.78. The van der Waals surface area contributed by atoms with Crippen molar-refractivity contribution in [3.05, 3.63) is 44.6 Å². The standard InChI is InChI=1S/C9H12BrNO2.C9H10BrNO2.B.Na.H/c2*1-6(2)13-9-3-7(5-12)8(10)4-11-9;;;/h3-4,6,12H,5H2,1-2H3;3-6H,1-2H3;;;/q;;;+1;-1. The summed E-state index contributed by atoms with van der Waals surface area (Å²) in [5.74, 6) is 1.02. The number of aromatic nitrogens is 2. The molecule has 0 aliphatic rings. The first-order chi connectivity index (χ1) is 12.3. The molecule has 147 valence electrons. The minimum atomic E-state index is -0.0163. The van der Waals surface area contributed by atoms with Gasteiger partial charge in [0.15, 0.2) is 6.29 Å². The van der Waals surface area contributed by atoms with Gasteiger partial charge < -0.3 is 16.0 Å². The van der Waals surface area contributed by atoms with Crippen molar-refractivity contribution in [1.82, 2.24) is 9.97 Å². The first kappa shape index (κ1) is 29.8. The number of hydrogen-bond donors (Lipinski definition) is 1. The smallest absolute Gasteiger partial charge is 1.00 e. The van der Waals surface area contributed by atoms with Crippen LogP contribution in [0.2, 0.25) is 0 Å². The average molecular weight is 525 g/mol. The van der Waals surface area contributed by atoms with Gasteiger partial charge in [0.2, 0.25) is 11.8 Å². The summed E-state index contributed by atoms with van der Waals surface area (Å²) in [7, 11) is 0. The molecule has 0 amide bonds. The van der Waals surface area contributed by atoms with Crippen molar-refractivity contribution in [3.63, 3.8) is 0 Å². The monoisotopic (exact) mass is 523 g/mol. The number of pyridine rings is 2. The summed E-state index contributed by atoms with van der Waals surface area (Å²) >= 11 is 6.49. The number of rotatable bonds is 6. The van der Waals surface area contributed by atoms with Crippen molar-refractivity contribution in [2.75, 3.05) is 0 Å². The van der Waals surface area contributed by atoms with Crippen LogP contribution in [0.15, 0.2) is 33.5 Å². The first-order valence-electron chi connectivity index (χ1n) is 7.96. The van der Waals surface area contributed by atoms with E-state index in [4.69, 9.17) is 14.6 Å². The molecule has 0 spiro atoms. The number of carbonyl (C=O) groups is 1. The van der Waals surface area contributed by atoms with E-state index in [1.807, 2.05) is 27.7 Å². The van der Waals surface area contributed by atoms with Crippen LogP contribution in [0.4, 0.5) is 0 Å². The van der Waals surface area contributed by atoms with E-state index in [2.05, 4.69) is 41.8 Å². The number of aldehydes is 1. The summed E-state index contributed by atoms with van der Waals surface area (Å²) in [6.45, 7) is 7.66. The van der Waals surface area contributed by atoms with E-state index < -0.39 is 0 Å². The van der Waals surface area contributed by atoms with Crippen LogP contribution in [0.3, 0.4) is 0 Å². The molecule has 2 aromatic rings. The normalized spacial score (nSPS) is 9.61. The zero-order valence-electron chi connectivity index (χ0n) is 17.6. The van der Waals surface area contributed by atoms with Crippen LogP contribution in [-0.2, 0) is 6.61 Å². The Hall–Kier alpha value is -0.445. The maximum atomic E-state index is 10.6. The van der Waals surface area contributed by atoms with Crippen LogP contribution >= 0.6 is 31.9 Å². The zero-order valence-corrected chi connectivity index (χ0v) is 21.8. The molecule has 1 N–H and O–H groups in total. The maximum absolute atomic E-state index is 10.6. The summed E-state index contributed by atoms with van der Waals surface area (Å²) in [6, 6.07) is 3.33. The molecule has 0 aliphatic carbocycles. The molecule has 0 bridgehead atoms. The predicted molar refractivity (Wildman–Crippen MR) is 114 cm³/mol. The molecular formula is C18H23BBr2N2NaO4. The van der Waals surface area contributed by atoms with E-state index in [-0.39, 0.29) is 58.2 Å². The minimum absolute atomic E-state index is 0. The number of carbonyl (C=O) groups excluding carboxylic acids is 1. The molecule has 0 unspecified atom stereocenters. The van der Waals surface area contributed by atoms with Crippen molar-refractivity contribution in [3.8, 4) is 11.8 Å². The molecule has 0 atom stereocenters. The summed E-state index contributed by atoms with van der Waals surface area (Å²) in [5.41, 5.74) is 1.33. The Balaban J connectivity index is -0.000000422. The van der Waals surface area contributed by atoms with Gasteiger partial charge in [-0.2, -0.15) is 0 Å². The molecule has 2 heterocycles. The van der Waals surface area contributed by atoms with E-state index in [1.165, 1.54) is 0 Å². The van der Waals surface area contributed by atoms with Gasteiger partial charge in [-0.05, 0) is 65.1 Å². The van der Waals surface area contributed by atoms with Gasteiger partial charge in [-0.15, -0.1) is 0 Å². The largest absolute Gasteiger partial charge is 1.00 e. The summed E-state index contributed by atoms with van der Waals surface area (Å²) in [6.07, 6.45) is 4.11. The van der Waals surface area contributed by atoms with E-state index in [0.29, 0.717) is 21.8 Å². The quantitative estimate of drug-likeness (QED) is 0.453. The van der Waals surface area contributed by atoms with Crippen molar-refractivity contribution in [1.29, 1.82) is 0 Å². The summed E-state index contributed by atoms with van der Waals surface area (Å²) in [4.78, 5) is 18.6. The third kappa shape index (κ3) is 10.9. The van der Waals surface area contributed by atoms with Gasteiger partial charge in [0.25, 0.3) is 0 Å². The molecular weight excluding hydrogens is 502 g/mol. The van der Waals surface area contributed by atoms with Gasteiger partial charge in [0, 0.05) is 47.4 Å². The Morgan fingerprint density at radius 1 is 1.04 bits per heavy atom. The molecule has 28 heavy (non-hydrogen) atoms. The number of ether oxygens (including phenoxy) is 2. The van der Waals surface area contributed by atoms with Crippen LogP contribution in [0.5, 0.6) is 11.8 Å². The Morgan fingerprint density at radius 3 is 1.93 bits per heavy atom. The average Bonchev–Trinajstić information content (AvgIpc) is 2.58. The molecule has 6 nitrogen and oxygen atoms in total. The SMILES string of the molecule is CC(C)Oc1cc(C=O)c(Br)cn1.CC(C)Oc1cc(CO)c(Br)cn1.[B].[H-].[Na+]. The molecule has 2 rings (SSSR count). The fourth-order valence-corrected chi connectivity index (χ4v) is 2.37. The minimum Gasteiger partial charge on any atom is -1.00 e. The molecule has 0 saturated carbocycles. The predicted octanol–water partition coefficient (Wildman–Crippen LogP) is 1.30. The van der Waals surface area contributed by atoms with Crippen LogP contribution in [0.1, 0.15) is 45.0 Å². The van der Waals surface area contributed by atoms with Crippen molar-refractivity contribution in [2.45, 2.75) is 46.5 Å². The number of aliphatic hydroxyl groups excluding tert-OH is 1. The fraction of sp³-hybridized carbons (Fsp3) is 0.389. The van der Waals surface area contributed by atoms with Crippen molar-refractivity contribution >= 4 is 46.6 Å². The maximum Gasteiger partial charge on any atom is 1.00 e. The van der Waals surface area contributed by atoms with Gasteiger partial charge in [-0.1, -0.05) is 0 Å². The topological polar surface area (TPSA) is 81.5 Å². The molecule has 0 aromatic carbocycles. The van der Waals surface area contributed by atoms with Crippen LogP contribution < -0.4 is 39.0 Å². The number of nitrogens with zero attached hydrogens (tertiary/aromatic N) is 2. The fourth-order valence-electron chi connectivity index (χ4n) is 1.72. The number of halogens is 2. The summed E-state index contributed by atoms with van der Waals surface area (Å²) < 4.78 is 12.2. The first-order valence-corrected chi connectivity index (χ1v) is 9.54. The van der Waals surface area contributed by atoms with E-state index >= 15 is 0 Å².